The molecule has 0 aliphatic carbocycles. The number of benzene rings is 2. The van der Waals surface area contributed by atoms with Crippen LogP contribution in [0.25, 0.3) is 10.9 Å². The van der Waals surface area contributed by atoms with Crippen molar-refractivity contribution in [1.29, 1.82) is 0 Å². The highest BCUT2D eigenvalue weighted by molar-refractivity contribution is 7.99. The average Bonchev–Trinajstić information content (AvgIpc) is 2.77. The molecule has 0 aliphatic rings. The van der Waals surface area contributed by atoms with Crippen LogP contribution >= 0.6 is 11.8 Å². The zero-order chi connectivity index (χ0) is 21.3. The van der Waals surface area contributed by atoms with Crippen LogP contribution in [0.2, 0.25) is 0 Å². The molecule has 0 fully saturated rings. The van der Waals surface area contributed by atoms with Crippen molar-refractivity contribution < 1.29 is 19.0 Å². The van der Waals surface area contributed by atoms with E-state index < -0.39 is 0 Å². The lowest BCUT2D eigenvalue weighted by Crippen LogP contribution is -2.09. The maximum absolute atomic E-state index is 11.7. The molecule has 0 saturated heterocycles. The molecule has 0 atom stereocenters. The van der Waals surface area contributed by atoms with Crippen LogP contribution < -0.4 is 14.8 Å². The van der Waals surface area contributed by atoms with Crippen molar-refractivity contribution in [3.05, 3.63) is 48.0 Å². The maximum Gasteiger partial charge on any atom is 0.316 e. The number of rotatable bonds is 10. The summed E-state index contributed by atoms with van der Waals surface area (Å²) < 4.78 is 15.6. The summed E-state index contributed by atoms with van der Waals surface area (Å²) in [4.78, 5) is 20.8. The Kier molecular flexibility index (Phi) is 7.73. The van der Waals surface area contributed by atoms with Crippen LogP contribution in [-0.4, -0.2) is 49.1 Å². The van der Waals surface area contributed by atoms with Gasteiger partial charge in [-0.2, -0.15) is 0 Å². The Morgan fingerprint density at radius 1 is 1.07 bits per heavy atom. The third-order valence-corrected chi connectivity index (χ3v) is 5.18. The van der Waals surface area contributed by atoms with Gasteiger partial charge in [-0.25, -0.2) is 9.97 Å². The summed E-state index contributed by atoms with van der Waals surface area (Å²) in [5.74, 6) is 2.06. The molecule has 158 valence electrons. The second kappa shape index (κ2) is 10.7. The van der Waals surface area contributed by atoms with Crippen molar-refractivity contribution in [2.45, 2.75) is 18.5 Å². The molecule has 3 aromatic rings. The summed E-state index contributed by atoms with van der Waals surface area (Å²) >= 11 is 1.27. The molecule has 0 bridgehead atoms. The number of hydrogen-bond acceptors (Lipinski definition) is 8. The quantitative estimate of drug-likeness (QED) is 0.296. The largest absolute Gasteiger partial charge is 0.493 e. The first-order valence-electron chi connectivity index (χ1n) is 9.64. The lowest BCUT2D eigenvalue weighted by Gasteiger charge is -2.12. The lowest BCUT2D eigenvalue weighted by atomic mass is 10.1. The lowest BCUT2D eigenvalue weighted by molar-refractivity contribution is -0.139. The molecular formula is C22H25N3O4S. The number of carbonyl (C=O) groups excluding carboxylic acids is 1. The number of para-hydroxylation sites is 1. The molecule has 0 saturated carbocycles. The Bertz CT molecular complexity index is 1010. The monoisotopic (exact) mass is 427 g/mol. The first kappa shape index (κ1) is 21.7. The van der Waals surface area contributed by atoms with Crippen LogP contribution in [0, 0.1) is 0 Å². The van der Waals surface area contributed by atoms with Crippen LogP contribution in [0.3, 0.4) is 0 Å². The molecule has 8 heteroatoms. The molecule has 0 amide bonds. The number of anilines is 1. The predicted molar refractivity (Wildman–Crippen MR) is 119 cm³/mol. The minimum absolute atomic E-state index is 0.178. The zero-order valence-electron chi connectivity index (χ0n) is 17.3. The van der Waals surface area contributed by atoms with E-state index in [1.807, 2.05) is 42.5 Å². The Balaban J connectivity index is 1.72. The van der Waals surface area contributed by atoms with Gasteiger partial charge in [0.15, 0.2) is 16.7 Å². The van der Waals surface area contributed by atoms with Crippen molar-refractivity contribution in [2.75, 3.05) is 38.4 Å². The minimum Gasteiger partial charge on any atom is -0.493 e. The van der Waals surface area contributed by atoms with Crippen LogP contribution in [0.15, 0.2) is 47.6 Å². The predicted octanol–water partition coefficient (Wildman–Crippen LogP) is 3.96. The number of hydrogen-bond donors (Lipinski definition) is 1. The van der Waals surface area contributed by atoms with Crippen molar-refractivity contribution in [3.8, 4) is 11.5 Å². The van der Waals surface area contributed by atoms with Crippen LogP contribution in [0.5, 0.6) is 11.5 Å². The SMILES string of the molecule is CCOC(=O)CSc1nc(NCCc2ccc(OC)c(OC)c2)c2ccccc2n1. The van der Waals surface area contributed by atoms with E-state index in [1.165, 1.54) is 11.8 Å². The van der Waals surface area contributed by atoms with Gasteiger partial charge in [0.25, 0.3) is 0 Å². The first-order valence-corrected chi connectivity index (χ1v) is 10.6. The molecule has 0 spiro atoms. The van der Waals surface area contributed by atoms with E-state index in [0.29, 0.717) is 29.8 Å². The molecule has 30 heavy (non-hydrogen) atoms. The smallest absolute Gasteiger partial charge is 0.316 e. The van der Waals surface area contributed by atoms with Crippen molar-refractivity contribution in [2.24, 2.45) is 0 Å². The molecule has 7 nitrogen and oxygen atoms in total. The fourth-order valence-electron chi connectivity index (χ4n) is 2.94. The van der Waals surface area contributed by atoms with E-state index in [9.17, 15) is 4.79 Å². The van der Waals surface area contributed by atoms with Gasteiger partial charge in [0, 0.05) is 11.9 Å². The van der Waals surface area contributed by atoms with Gasteiger partial charge in [-0.3, -0.25) is 4.79 Å². The number of esters is 1. The summed E-state index contributed by atoms with van der Waals surface area (Å²) in [7, 11) is 3.25. The standard InChI is InChI=1S/C22H25N3O4S/c1-4-29-20(26)14-30-22-24-17-8-6-5-7-16(17)21(25-22)23-12-11-15-9-10-18(27-2)19(13-15)28-3/h5-10,13H,4,11-12,14H2,1-3H3,(H,23,24,25). The third kappa shape index (κ3) is 5.54. The number of methoxy groups -OCH3 is 2. The van der Waals surface area contributed by atoms with Crippen molar-refractivity contribution >= 4 is 34.5 Å². The molecule has 0 unspecified atom stereocenters. The highest BCUT2D eigenvalue weighted by atomic mass is 32.2. The molecule has 2 aromatic carbocycles. The average molecular weight is 428 g/mol. The number of nitrogens with zero attached hydrogens (tertiary/aromatic N) is 2. The third-order valence-electron chi connectivity index (χ3n) is 4.36. The van der Waals surface area contributed by atoms with Crippen molar-refractivity contribution in [1.82, 2.24) is 9.97 Å². The summed E-state index contributed by atoms with van der Waals surface area (Å²) in [6.07, 6.45) is 0.782. The Hall–Kier alpha value is -3.00. The van der Waals surface area contributed by atoms with E-state index in [1.54, 1.807) is 21.1 Å². The number of ether oxygens (including phenoxy) is 3. The van der Waals surface area contributed by atoms with E-state index in [2.05, 4.69) is 15.3 Å². The number of thioether (sulfide) groups is 1. The highest BCUT2D eigenvalue weighted by Crippen LogP contribution is 2.28. The number of nitrogens with one attached hydrogen (secondary N) is 1. The van der Waals surface area contributed by atoms with Crippen LogP contribution in [-0.2, 0) is 16.0 Å². The van der Waals surface area contributed by atoms with Crippen LogP contribution in [0.1, 0.15) is 12.5 Å². The Morgan fingerprint density at radius 2 is 1.87 bits per heavy atom. The van der Waals surface area contributed by atoms with Gasteiger partial charge in [0.1, 0.15) is 5.82 Å². The maximum atomic E-state index is 11.7. The van der Waals surface area contributed by atoms with E-state index in [0.717, 1.165) is 28.7 Å². The molecular weight excluding hydrogens is 402 g/mol. The fourth-order valence-corrected chi connectivity index (χ4v) is 3.59. The minimum atomic E-state index is -0.276. The van der Waals surface area contributed by atoms with Gasteiger partial charge in [0.2, 0.25) is 0 Å². The van der Waals surface area contributed by atoms with Gasteiger partial charge < -0.3 is 19.5 Å². The molecule has 3 rings (SSSR count). The van der Waals surface area contributed by atoms with E-state index in [4.69, 9.17) is 14.2 Å². The zero-order valence-corrected chi connectivity index (χ0v) is 18.1. The molecule has 1 aromatic heterocycles. The second-order valence-corrected chi connectivity index (χ2v) is 7.27. The highest BCUT2D eigenvalue weighted by Gasteiger charge is 2.11. The summed E-state index contributed by atoms with van der Waals surface area (Å²) in [6.45, 7) is 2.83. The van der Waals surface area contributed by atoms with Crippen LogP contribution in [0.4, 0.5) is 5.82 Å². The Labute approximate surface area is 180 Å². The molecule has 1 heterocycles. The van der Waals surface area contributed by atoms with Gasteiger partial charge in [-0.1, -0.05) is 30.0 Å². The topological polar surface area (TPSA) is 82.6 Å². The first-order chi connectivity index (χ1) is 14.6. The van der Waals surface area contributed by atoms with Gasteiger partial charge in [-0.15, -0.1) is 0 Å². The van der Waals surface area contributed by atoms with Crippen molar-refractivity contribution in [3.63, 3.8) is 0 Å². The second-order valence-electron chi connectivity index (χ2n) is 6.33. The summed E-state index contributed by atoms with van der Waals surface area (Å²) in [5.41, 5.74) is 1.95. The van der Waals surface area contributed by atoms with E-state index >= 15 is 0 Å². The van der Waals surface area contributed by atoms with E-state index in [-0.39, 0.29) is 11.7 Å². The number of carbonyl (C=O) groups is 1. The normalized spacial score (nSPS) is 10.6. The summed E-state index contributed by atoms with van der Waals surface area (Å²) in [5, 5.41) is 4.88. The number of aromatic nitrogens is 2. The summed E-state index contributed by atoms with van der Waals surface area (Å²) in [6, 6.07) is 13.7. The number of fused-ring (bicyclic) bond motifs is 1. The fraction of sp³-hybridized carbons (Fsp3) is 0.318. The molecule has 0 aliphatic heterocycles. The molecule has 0 radical (unpaired) electrons. The van der Waals surface area contributed by atoms with Gasteiger partial charge >= 0.3 is 5.97 Å². The van der Waals surface area contributed by atoms with Gasteiger partial charge in [0.05, 0.1) is 32.1 Å². The van der Waals surface area contributed by atoms with Gasteiger partial charge in [-0.05, 0) is 43.2 Å². The molecule has 1 N–H and O–H groups in total. The Morgan fingerprint density at radius 3 is 2.63 bits per heavy atom.